The lowest BCUT2D eigenvalue weighted by Gasteiger charge is -2.26. The quantitative estimate of drug-likeness (QED) is 0.152. The normalized spacial score (nSPS) is 11.4. The van der Waals surface area contributed by atoms with Gasteiger partial charge in [-0.1, -0.05) is 66.7 Å². The number of fused-ring (bicyclic) bond motifs is 5. The number of para-hydroxylation sites is 2. The maximum atomic E-state index is 4.34. The van der Waals surface area contributed by atoms with Crippen LogP contribution in [0.5, 0.6) is 0 Å². The van der Waals surface area contributed by atoms with Crippen LogP contribution in [0.25, 0.3) is 78.0 Å². The van der Waals surface area contributed by atoms with E-state index in [0.29, 0.717) is 11.6 Å². The minimum atomic E-state index is 0.627. The average Bonchev–Trinajstić information content (AvgIpc) is 3.90. The fraction of sp³-hybridized carbons (Fsp3) is 0. The topological polar surface area (TPSA) is 90.4 Å². The molecule has 4 heterocycles. The molecule has 11 aromatic rings. The lowest BCUT2D eigenvalue weighted by atomic mass is 10.0. The summed E-state index contributed by atoms with van der Waals surface area (Å²) < 4.78 is 4.72. The summed E-state index contributed by atoms with van der Waals surface area (Å²) in [5.74, 6) is 1.25. The van der Waals surface area contributed by atoms with Crippen LogP contribution in [0.1, 0.15) is 0 Å². The first-order chi connectivity index (χ1) is 29.3. The van der Waals surface area contributed by atoms with Crippen molar-refractivity contribution in [1.82, 2.24) is 39.0 Å². The van der Waals surface area contributed by atoms with E-state index in [-0.39, 0.29) is 0 Å². The molecule has 0 N–H and O–H groups in total. The van der Waals surface area contributed by atoms with Gasteiger partial charge in [0.1, 0.15) is 25.3 Å². The van der Waals surface area contributed by atoms with Crippen LogP contribution in [0, 0.1) is 0 Å². The van der Waals surface area contributed by atoms with E-state index >= 15 is 0 Å². The summed E-state index contributed by atoms with van der Waals surface area (Å²) in [4.78, 5) is 27.6. The summed E-state index contributed by atoms with van der Waals surface area (Å²) in [6.45, 7) is 0. The Morgan fingerprint density at radius 2 is 0.898 bits per heavy atom. The van der Waals surface area contributed by atoms with Crippen molar-refractivity contribution in [1.29, 1.82) is 0 Å². The van der Waals surface area contributed by atoms with Crippen LogP contribution in [0.3, 0.4) is 0 Å². The number of anilines is 3. The molecule has 0 aliphatic carbocycles. The van der Waals surface area contributed by atoms with E-state index in [1.807, 2.05) is 24.3 Å². The molecule has 0 fully saturated rings. The number of rotatable bonds is 8. The monoisotopic (exact) mass is 759 g/mol. The fourth-order valence-corrected chi connectivity index (χ4v) is 8.10. The number of hydrogen-bond donors (Lipinski definition) is 0. The molecule has 0 aliphatic rings. The van der Waals surface area contributed by atoms with E-state index in [9.17, 15) is 0 Å². The Labute approximate surface area is 339 Å². The Balaban J connectivity index is 1.02. The summed E-state index contributed by atoms with van der Waals surface area (Å²) in [5, 5.41) is 3.60. The second kappa shape index (κ2) is 14.3. The van der Waals surface area contributed by atoms with E-state index in [2.05, 4.69) is 196 Å². The van der Waals surface area contributed by atoms with E-state index in [1.165, 1.54) is 52.5 Å². The molecular formula is C50H33N9. The van der Waals surface area contributed by atoms with Gasteiger partial charge in [-0.25, -0.2) is 29.9 Å². The van der Waals surface area contributed by atoms with Crippen LogP contribution < -0.4 is 4.90 Å². The third kappa shape index (κ3) is 6.05. The highest BCUT2D eigenvalue weighted by molar-refractivity contribution is 6.18. The molecule has 59 heavy (non-hydrogen) atoms. The highest BCUT2D eigenvalue weighted by atomic mass is 15.1. The van der Waals surface area contributed by atoms with Crippen molar-refractivity contribution < 1.29 is 0 Å². The second-order valence-electron chi connectivity index (χ2n) is 14.2. The summed E-state index contributed by atoms with van der Waals surface area (Å²) in [5.41, 5.74) is 12.9. The van der Waals surface area contributed by atoms with Gasteiger partial charge < -0.3 is 14.0 Å². The molecule has 0 atom stereocenters. The largest absolute Gasteiger partial charge is 0.315 e. The zero-order chi connectivity index (χ0) is 39.1. The standard InChI is InChI=1S/C50H33N9/c1-3-7-39(8-4-1)57-28-27-35-17-25-44-45-29-38(18-26-46(45)59(48(44)47(35)57)40-9-5-2-6-10-40)34-11-19-41(20-12-34)58(42-21-13-36(14-22-42)49-53-30-51-31-54-49)43-23-15-37(16-24-43)50-55-32-52-33-56-50/h1-33H. The first-order valence-electron chi connectivity index (χ1n) is 19.3. The van der Waals surface area contributed by atoms with Gasteiger partial charge in [-0.3, -0.25) is 0 Å². The highest BCUT2D eigenvalue weighted by Crippen LogP contribution is 2.41. The van der Waals surface area contributed by atoms with Crippen molar-refractivity contribution in [2.24, 2.45) is 0 Å². The zero-order valence-corrected chi connectivity index (χ0v) is 31.6. The molecule has 0 saturated heterocycles. The van der Waals surface area contributed by atoms with Gasteiger partial charge in [-0.15, -0.1) is 0 Å². The van der Waals surface area contributed by atoms with Gasteiger partial charge in [0.15, 0.2) is 11.6 Å². The molecule has 0 saturated carbocycles. The Kier molecular flexibility index (Phi) is 8.25. The van der Waals surface area contributed by atoms with Gasteiger partial charge in [0.25, 0.3) is 0 Å². The predicted molar refractivity (Wildman–Crippen MR) is 235 cm³/mol. The first kappa shape index (κ1) is 34.0. The lowest BCUT2D eigenvalue weighted by Crippen LogP contribution is -2.10. The van der Waals surface area contributed by atoms with E-state index in [1.54, 1.807) is 0 Å². The molecule has 7 aromatic carbocycles. The van der Waals surface area contributed by atoms with E-state index < -0.39 is 0 Å². The number of hydrogen-bond acceptors (Lipinski definition) is 7. The maximum absolute atomic E-state index is 4.34. The van der Waals surface area contributed by atoms with Crippen molar-refractivity contribution >= 4 is 49.8 Å². The van der Waals surface area contributed by atoms with Crippen LogP contribution in [0.2, 0.25) is 0 Å². The van der Waals surface area contributed by atoms with Gasteiger partial charge in [0.2, 0.25) is 0 Å². The van der Waals surface area contributed by atoms with Crippen LogP contribution in [-0.4, -0.2) is 39.0 Å². The van der Waals surface area contributed by atoms with Crippen LogP contribution in [0.4, 0.5) is 17.1 Å². The van der Waals surface area contributed by atoms with Crippen molar-refractivity contribution in [3.8, 4) is 45.3 Å². The van der Waals surface area contributed by atoms with Gasteiger partial charge in [0, 0.05) is 61.9 Å². The molecule has 11 rings (SSSR count). The van der Waals surface area contributed by atoms with Gasteiger partial charge >= 0.3 is 0 Å². The molecule has 0 aliphatic heterocycles. The maximum Gasteiger partial charge on any atom is 0.162 e. The van der Waals surface area contributed by atoms with Crippen LogP contribution in [0.15, 0.2) is 201 Å². The van der Waals surface area contributed by atoms with Gasteiger partial charge in [-0.2, -0.15) is 0 Å². The Morgan fingerprint density at radius 3 is 1.46 bits per heavy atom. The van der Waals surface area contributed by atoms with Crippen molar-refractivity contribution in [3.05, 3.63) is 201 Å². The molecule has 4 aromatic heterocycles. The fourth-order valence-electron chi connectivity index (χ4n) is 8.10. The van der Waals surface area contributed by atoms with Crippen molar-refractivity contribution in [3.63, 3.8) is 0 Å². The number of benzene rings is 7. The molecule has 9 nitrogen and oxygen atoms in total. The predicted octanol–water partition coefficient (Wildman–Crippen LogP) is 11.6. The number of nitrogens with zero attached hydrogens (tertiary/aromatic N) is 9. The smallest absolute Gasteiger partial charge is 0.162 e. The molecular weight excluding hydrogens is 727 g/mol. The minimum Gasteiger partial charge on any atom is -0.315 e. The molecule has 0 amide bonds. The summed E-state index contributed by atoms with van der Waals surface area (Å²) in [7, 11) is 0. The average molecular weight is 760 g/mol. The molecule has 9 heteroatoms. The Morgan fingerprint density at radius 1 is 0.390 bits per heavy atom. The first-order valence-corrected chi connectivity index (χ1v) is 19.3. The zero-order valence-electron chi connectivity index (χ0n) is 31.6. The minimum absolute atomic E-state index is 0.627. The van der Waals surface area contributed by atoms with Crippen LogP contribution in [-0.2, 0) is 0 Å². The second-order valence-corrected chi connectivity index (χ2v) is 14.2. The van der Waals surface area contributed by atoms with E-state index in [4.69, 9.17) is 0 Å². The summed E-state index contributed by atoms with van der Waals surface area (Å²) in [6, 6.07) is 60.1. The van der Waals surface area contributed by atoms with Gasteiger partial charge in [0.05, 0.1) is 16.6 Å². The molecule has 278 valence electrons. The van der Waals surface area contributed by atoms with Gasteiger partial charge in [-0.05, 0) is 114 Å². The SMILES string of the molecule is c1ccc(-n2ccc3ccc4c5cc(-c6ccc(N(c7ccc(-c8ncncn8)cc7)c7ccc(-c8ncncn8)cc7)cc6)ccc5n(-c5ccccc5)c4c32)cc1. The molecule has 0 unspecified atom stereocenters. The van der Waals surface area contributed by atoms with E-state index in [0.717, 1.165) is 56.2 Å². The van der Waals surface area contributed by atoms with Crippen LogP contribution >= 0.6 is 0 Å². The third-order valence-corrected chi connectivity index (χ3v) is 10.8. The Bertz CT molecular complexity index is 3140. The molecule has 0 radical (unpaired) electrons. The third-order valence-electron chi connectivity index (χ3n) is 10.8. The van der Waals surface area contributed by atoms with Crippen molar-refractivity contribution in [2.75, 3.05) is 4.90 Å². The van der Waals surface area contributed by atoms with Crippen molar-refractivity contribution in [2.45, 2.75) is 0 Å². The molecule has 0 spiro atoms. The summed E-state index contributed by atoms with van der Waals surface area (Å²) >= 11 is 0. The highest BCUT2D eigenvalue weighted by Gasteiger charge is 2.19. The number of aromatic nitrogens is 8. The Hall–Kier alpha value is -8.30. The lowest BCUT2D eigenvalue weighted by molar-refractivity contribution is 1.06. The molecule has 0 bridgehead atoms. The summed E-state index contributed by atoms with van der Waals surface area (Å²) in [6.07, 6.45) is 8.23.